The predicted octanol–water partition coefficient (Wildman–Crippen LogP) is 1.71. The molecule has 0 radical (unpaired) electrons. The Morgan fingerprint density at radius 1 is 1.33 bits per heavy atom. The van der Waals surface area contributed by atoms with E-state index in [9.17, 15) is 4.79 Å². The first-order chi connectivity index (χ1) is 10.0. The number of nitrogens with one attached hydrogen (secondary N) is 2. The van der Waals surface area contributed by atoms with Gasteiger partial charge in [0.2, 0.25) is 0 Å². The van der Waals surface area contributed by atoms with Crippen LogP contribution in [-0.4, -0.2) is 27.9 Å². The Balaban J connectivity index is 2.08. The summed E-state index contributed by atoms with van der Waals surface area (Å²) in [6, 6.07) is 6.55. The number of rotatable bonds is 4. The summed E-state index contributed by atoms with van der Waals surface area (Å²) < 4.78 is 6.54. The number of urea groups is 1. The first kappa shape index (κ1) is 14.8. The van der Waals surface area contributed by atoms with Gasteiger partial charge >= 0.3 is 6.03 Å². The number of nitrogens with two attached hydrogens (primary N) is 1. The molecule has 0 saturated carbocycles. The van der Waals surface area contributed by atoms with Crippen molar-refractivity contribution in [1.29, 1.82) is 0 Å². The molecule has 21 heavy (non-hydrogen) atoms. The lowest BCUT2D eigenvalue weighted by Crippen LogP contribution is -2.23. The Morgan fingerprint density at radius 3 is 2.57 bits per heavy atom. The molecule has 8 heteroatoms. The van der Waals surface area contributed by atoms with Crippen LogP contribution in [0.4, 0.5) is 16.3 Å². The number of hydrogen-bond donors (Lipinski definition) is 3. The summed E-state index contributed by atoms with van der Waals surface area (Å²) in [6.07, 6.45) is 1.51. The van der Waals surface area contributed by atoms with E-state index in [4.69, 9.17) is 22.7 Å². The quantitative estimate of drug-likeness (QED) is 0.748. The van der Waals surface area contributed by atoms with Crippen LogP contribution in [-0.2, 0) is 7.05 Å². The van der Waals surface area contributed by atoms with E-state index in [0.717, 1.165) is 0 Å². The molecule has 0 aliphatic rings. The number of aromatic nitrogens is 2. The van der Waals surface area contributed by atoms with Gasteiger partial charge in [-0.15, -0.1) is 0 Å². The molecular formula is C13H15N5O2S. The largest absolute Gasteiger partial charge is 0.497 e. The minimum Gasteiger partial charge on any atom is -0.497 e. The number of carbonyl (C=O) groups is 1. The first-order valence-corrected chi connectivity index (χ1v) is 6.46. The molecular weight excluding hydrogens is 290 g/mol. The molecule has 0 fully saturated rings. The number of amides is 2. The van der Waals surface area contributed by atoms with Crippen molar-refractivity contribution < 1.29 is 9.53 Å². The van der Waals surface area contributed by atoms with E-state index in [-0.39, 0.29) is 4.99 Å². The van der Waals surface area contributed by atoms with E-state index in [2.05, 4.69) is 15.7 Å². The molecule has 0 spiro atoms. The molecule has 2 aromatic rings. The number of aryl methyl sites for hydroxylation is 1. The highest BCUT2D eigenvalue weighted by atomic mass is 32.1. The molecule has 1 heterocycles. The van der Waals surface area contributed by atoms with Crippen molar-refractivity contribution in [3.8, 4) is 5.75 Å². The summed E-state index contributed by atoms with van der Waals surface area (Å²) in [5.74, 6) is 1.15. The van der Waals surface area contributed by atoms with Gasteiger partial charge in [0.25, 0.3) is 0 Å². The molecule has 2 amide bonds. The monoisotopic (exact) mass is 305 g/mol. The maximum atomic E-state index is 12.0. The molecule has 0 bridgehead atoms. The molecule has 0 unspecified atom stereocenters. The number of benzene rings is 1. The van der Waals surface area contributed by atoms with Gasteiger partial charge in [0.15, 0.2) is 0 Å². The fourth-order valence-electron chi connectivity index (χ4n) is 1.71. The Hall–Kier alpha value is -2.61. The van der Waals surface area contributed by atoms with Crippen molar-refractivity contribution in [3.63, 3.8) is 0 Å². The van der Waals surface area contributed by atoms with Crippen LogP contribution in [0.1, 0.15) is 5.56 Å². The van der Waals surface area contributed by atoms with Crippen LogP contribution in [0, 0.1) is 0 Å². The fraction of sp³-hybridized carbons (Fsp3) is 0.154. The summed E-state index contributed by atoms with van der Waals surface area (Å²) in [4.78, 5) is 12.2. The summed E-state index contributed by atoms with van der Waals surface area (Å²) in [5.41, 5.74) is 6.72. The number of thiocarbonyl (C=S) groups is 1. The molecule has 2 rings (SSSR count). The maximum Gasteiger partial charge on any atom is 0.324 e. The second-order valence-corrected chi connectivity index (χ2v) is 4.64. The third kappa shape index (κ3) is 3.48. The number of methoxy groups -OCH3 is 1. The first-order valence-electron chi connectivity index (χ1n) is 6.05. The zero-order chi connectivity index (χ0) is 15.4. The smallest absolute Gasteiger partial charge is 0.324 e. The van der Waals surface area contributed by atoms with Crippen LogP contribution in [0.15, 0.2) is 30.5 Å². The highest BCUT2D eigenvalue weighted by Gasteiger charge is 2.13. The number of ether oxygens (including phenoxy) is 1. The van der Waals surface area contributed by atoms with E-state index in [1.165, 1.54) is 10.9 Å². The van der Waals surface area contributed by atoms with Gasteiger partial charge in [-0.2, -0.15) is 5.10 Å². The topological polar surface area (TPSA) is 94.2 Å². The van der Waals surface area contributed by atoms with Crippen molar-refractivity contribution in [2.75, 3.05) is 17.7 Å². The van der Waals surface area contributed by atoms with Gasteiger partial charge in [0.1, 0.15) is 16.6 Å². The van der Waals surface area contributed by atoms with Gasteiger partial charge in [0.05, 0.1) is 18.9 Å². The van der Waals surface area contributed by atoms with Gasteiger partial charge in [-0.1, -0.05) is 12.2 Å². The molecule has 1 aromatic heterocycles. The average molecular weight is 305 g/mol. The Labute approximate surface area is 127 Å². The molecule has 110 valence electrons. The van der Waals surface area contributed by atoms with Crippen molar-refractivity contribution >= 4 is 34.7 Å². The highest BCUT2D eigenvalue weighted by Crippen LogP contribution is 2.17. The van der Waals surface area contributed by atoms with Crippen molar-refractivity contribution in [2.45, 2.75) is 0 Å². The third-order valence-corrected chi connectivity index (χ3v) is 3.00. The van der Waals surface area contributed by atoms with E-state index in [1.54, 1.807) is 38.4 Å². The van der Waals surface area contributed by atoms with E-state index in [0.29, 0.717) is 22.8 Å². The van der Waals surface area contributed by atoms with E-state index in [1.807, 2.05) is 0 Å². The number of anilines is 2. The summed E-state index contributed by atoms with van der Waals surface area (Å²) >= 11 is 4.91. The van der Waals surface area contributed by atoms with Gasteiger partial charge < -0.3 is 15.8 Å². The number of nitrogens with zero attached hydrogens (tertiary/aromatic N) is 2. The Morgan fingerprint density at radius 2 is 2.00 bits per heavy atom. The maximum absolute atomic E-state index is 12.0. The second kappa shape index (κ2) is 6.23. The average Bonchev–Trinajstić information content (AvgIpc) is 2.81. The zero-order valence-corrected chi connectivity index (χ0v) is 12.4. The summed E-state index contributed by atoms with van der Waals surface area (Å²) in [6.45, 7) is 0. The molecule has 0 aliphatic carbocycles. The van der Waals surface area contributed by atoms with Crippen LogP contribution in [0.3, 0.4) is 0 Å². The van der Waals surface area contributed by atoms with Crippen LogP contribution in [0.2, 0.25) is 0 Å². The lowest BCUT2D eigenvalue weighted by atomic mass is 10.3. The van der Waals surface area contributed by atoms with Gasteiger partial charge in [0, 0.05) is 12.7 Å². The lowest BCUT2D eigenvalue weighted by molar-refractivity contribution is 0.262. The van der Waals surface area contributed by atoms with Crippen molar-refractivity contribution in [2.24, 2.45) is 12.8 Å². The molecule has 0 aliphatic heterocycles. The van der Waals surface area contributed by atoms with Gasteiger partial charge in [-0.3, -0.25) is 10.00 Å². The molecule has 0 atom stereocenters. The minimum atomic E-state index is -0.415. The standard InChI is InChI=1S/C13H15N5O2S/c1-18-12(10(7-15-18)11(14)21)17-13(19)16-8-3-5-9(20-2)6-4-8/h3-7H,1-2H3,(H2,14,21)(H2,16,17,19). The highest BCUT2D eigenvalue weighted by molar-refractivity contribution is 7.80. The normalized spacial score (nSPS) is 10.0. The van der Waals surface area contributed by atoms with E-state index >= 15 is 0 Å². The number of hydrogen-bond acceptors (Lipinski definition) is 4. The minimum absolute atomic E-state index is 0.169. The van der Waals surface area contributed by atoms with Crippen LogP contribution in [0.5, 0.6) is 5.75 Å². The lowest BCUT2D eigenvalue weighted by Gasteiger charge is -2.10. The van der Waals surface area contributed by atoms with E-state index < -0.39 is 6.03 Å². The third-order valence-electron chi connectivity index (χ3n) is 2.78. The van der Waals surface area contributed by atoms with Gasteiger partial charge in [-0.05, 0) is 24.3 Å². The van der Waals surface area contributed by atoms with Crippen molar-refractivity contribution in [1.82, 2.24) is 9.78 Å². The predicted molar refractivity (Wildman–Crippen MR) is 84.7 cm³/mol. The van der Waals surface area contributed by atoms with Crippen LogP contribution < -0.4 is 21.1 Å². The number of carbonyl (C=O) groups excluding carboxylic acids is 1. The van der Waals surface area contributed by atoms with Crippen LogP contribution >= 0.6 is 12.2 Å². The summed E-state index contributed by atoms with van der Waals surface area (Å²) in [5, 5.41) is 9.37. The fourth-order valence-corrected chi connectivity index (χ4v) is 1.86. The Bertz CT molecular complexity index is 666. The van der Waals surface area contributed by atoms with Gasteiger partial charge in [-0.25, -0.2) is 4.79 Å². The second-order valence-electron chi connectivity index (χ2n) is 4.20. The SMILES string of the molecule is COc1ccc(NC(=O)Nc2c(C(N)=S)cnn2C)cc1. The molecule has 4 N–H and O–H groups in total. The van der Waals surface area contributed by atoms with Crippen molar-refractivity contribution in [3.05, 3.63) is 36.0 Å². The van der Waals surface area contributed by atoms with Crippen LogP contribution in [0.25, 0.3) is 0 Å². The summed E-state index contributed by atoms with van der Waals surface area (Å²) in [7, 11) is 3.26. The molecule has 1 aromatic carbocycles. The zero-order valence-electron chi connectivity index (χ0n) is 11.6. The molecule has 0 saturated heterocycles. The Kier molecular flexibility index (Phi) is 4.39. The molecule has 7 nitrogen and oxygen atoms in total.